The molecule has 0 aromatic heterocycles. The second-order valence-corrected chi connectivity index (χ2v) is 7.20. The Bertz CT molecular complexity index is 1460. The Morgan fingerprint density at radius 1 is 0.357 bits per heavy atom. The first-order valence-electron chi connectivity index (χ1n) is 9.26. The number of rotatable bonds is 0. The number of benzene rings is 6. The summed E-state index contributed by atoms with van der Waals surface area (Å²) < 4.78 is 30.4. The normalized spacial score (nSPS) is 11.9. The molecule has 6 aromatic carbocycles. The molecule has 6 aromatic rings. The molecule has 0 N–H and O–H groups in total. The van der Waals surface area contributed by atoms with E-state index >= 15 is 8.78 Å². The van der Waals surface area contributed by atoms with E-state index in [1.807, 2.05) is 60.7 Å². The molecule has 132 valence electrons. The Morgan fingerprint density at radius 2 is 0.786 bits per heavy atom. The van der Waals surface area contributed by atoms with Gasteiger partial charge in [0.05, 0.1) is 0 Å². The van der Waals surface area contributed by atoms with E-state index in [2.05, 4.69) is 12.1 Å². The van der Waals surface area contributed by atoms with Crippen molar-refractivity contribution in [3.05, 3.63) is 96.6 Å². The summed E-state index contributed by atoms with van der Waals surface area (Å²) in [5.41, 5.74) is 0. The molecule has 0 aliphatic rings. The molecule has 2 heteroatoms. The van der Waals surface area contributed by atoms with Crippen LogP contribution in [-0.4, -0.2) is 0 Å². The summed E-state index contributed by atoms with van der Waals surface area (Å²) in [5, 5.41) is 8.04. The van der Waals surface area contributed by atoms with Gasteiger partial charge in [0.25, 0.3) is 0 Å². The van der Waals surface area contributed by atoms with E-state index in [9.17, 15) is 0 Å². The molecule has 0 amide bonds. The number of fused-ring (bicyclic) bond motifs is 10. The lowest BCUT2D eigenvalue weighted by molar-refractivity contribution is 0.619. The van der Waals surface area contributed by atoms with Gasteiger partial charge in [0.1, 0.15) is 11.6 Å². The van der Waals surface area contributed by atoms with Crippen LogP contribution < -0.4 is 0 Å². The molecule has 0 aliphatic carbocycles. The van der Waals surface area contributed by atoms with Crippen LogP contribution in [0.25, 0.3) is 53.9 Å². The van der Waals surface area contributed by atoms with E-state index in [0.717, 1.165) is 43.1 Å². The fourth-order valence-electron chi connectivity index (χ4n) is 4.57. The summed E-state index contributed by atoms with van der Waals surface area (Å²) in [7, 11) is 0. The van der Waals surface area contributed by atoms with Crippen LogP contribution in [0.3, 0.4) is 0 Å². The van der Waals surface area contributed by atoms with Gasteiger partial charge < -0.3 is 0 Å². The van der Waals surface area contributed by atoms with Crippen molar-refractivity contribution in [3.63, 3.8) is 0 Å². The van der Waals surface area contributed by atoms with E-state index in [1.54, 1.807) is 0 Å². The van der Waals surface area contributed by atoms with Gasteiger partial charge >= 0.3 is 0 Å². The fraction of sp³-hybridized carbons (Fsp3) is 0. The van der Waals surface area contributed by atoms with E-state index in [-0.39, 0.29) is 0 Å². The molecular weight excluding hydrogens is 350 g/mol. The highest BCUT2D eigenvalue weighted by molar-refractivity contribution is 6.35. The van der Waals surface area contributed by atoms with Crippen molar-refractivity contribution in [2.45, 2.75) is 0 Å². The van der Waals surface area contributed by atoms with Gasteiger partial charge in [0, 0.05) is 21.5 Å². The van der Waals surface area contributed by atoms with Gasteiger partial charge in [0.2, 0.25) is 0 Å². The van der Waals surface area contributed by atoms with E-state index in [0.29, 0.717) is 10.8 Å². The Hall–Kier alpha value is -3.52. The Balaban J connectivity index is 2.09. The molecule has 0 bridgehead atoms. The van der Waals surface area contributed by atoms with Gasteiger partial charge in [0.15, 0.2) is 0 Å². The molecule has 0 aliphatic heterocycles. The van der Waals surface area contributed by atoms with Crippen molar-refractivity contribution in [2.24, 2.45) is 0 Å². The van der Waals surface area contributed by atoms with Gasteiger partial charge in [-0.2, -0.15) is 0 Å². The molecule has 6 rings (SSSR count). The number of hydrogen-bond donors (Lipinski definition) is 0. The van der Waals surface area contributed by atoms with Crippen LogP contribution >= 0.6 is 0 Å². The van der Waals surface area contributed by atoms with Crippen molar-refractivity contribution in [1.82, 2.24) is 0 Å². The summed E-state index contributed by atoms with van der Waals surface area (Å²) >= 11 is 0. The zero-order chi connectivity index (χ0) is 18.8. The van der Waals surface area contributed by atoms with E-state index in [1.165, 1.54) is 12.1 Å². The average molecular weight is 364 g/mol. The van der Waals surface area contributed by atoms with Gasteiger partial charge in [-0.25, -0.2) is 8.78 Å². The fourth-order valence-corrected chi connectivity index (χ4v) is 4.57. The largest absolute Gasteiger partial charge is 0.206 e. The van der Waals surface area contributed by atoms with Crippen molar-refractivity contribution in [2.75, 3.05) is 0 Å². The van der Waals surface area contributed by atoms with Crippen molar-refractivity contribution < 1.29 is 8.78 Å². The summed E-state index contributed by atoms with van der Waals surface area (Å²) in [6, 6.07) is 26.4. The predicted octanol–water partition coefficient (Wildman–Crippen LogP) is 7.73. The monoisotopic (exact) mass is 364 g/mol. The molecule has 28 heavy (non-hydrogen) atoms. The van der Waals surface area contributed by atoms with Gasteiger partial charge in [-0.3, -0.25) is 0 Å². The third-order valence-corrected chi connectivity index (χ3v) is 5.75. The summed E-state index contributed by atoms with van der Waals surface area (Å²) in [6.45, 7) is 0. The Morgan fingerprint density at radius 3 is 1.25 bits per heavy atom. The lowest BCUT2D eigenvalue weighted by Gasteiger charge is -2.15. The highest BCUT2D eigenvalue weighted by atomic mass is 19.1. The smallest absolute Gasteiger partial charge is 0.131 e. The van der Waals surface area contributed by atoms with Crippen molar-refractivity contribution in [3.8, 4) is 0 Å². The van der Waals surface area contributed by atoms with Crippen LogP contribution in [-0.2, 0) is 0 Å². The third kappa shape index (κ3) is 1.92. The average Bonchev–Trinajstić information content (AvgIpc) is 2.75. The first-order chi connectivity index (χ1) is 13.7. The first kappa shape index (κ1) is 15.5. The molecular formula is C26H14F2. The molecule has 0 saturated carbocycles. The number of halogens is 2. The molecule has 0 unspecified atom stereocenters. The summed E-state index contributed by atoms with van der Waals surface area (Å²) in [4.78, 5) is 0. The highest BCUT2D eigenvalue weighted by Gasteiger charge is 2.18. The van der Waals surface area contributed by atoms with E-state index < -0.39 is 11.6 Å². The van der Waals surface area contributed by atoms with Gasteiger partial charge in [-0.1, -0.05) is 72.8 Å². The molecule has 0 heterocycles. The second kappa shape index (κ2) is 5.49. The Kier molecular flexibility index (Phi) is 3.05. The standard InChI is InChI=1S/C26H14F2/c27-21-13-14-22(28)26-24-18-8-4-2-6-16(18)10-12-20(24)19-11-9-15-5-1-3-7-17(15)23(19)25(21)26/h1-14H. The van der Waals surface area contributed by atoms with Crippen molar-refractivity contribution in [1.29, 1.82) is 0 Å². The highest BCUT2D eigenvalue weighted by Crippen LogP contribution is 2.43. The minimum atomic E-state index is -0.396. The van der Waals surface area contributed by atoms with Gasteiger partial charge in [-0.05, 0) is 44.5 Å². The predicted molar refractivity (Wildman–Crippen MR) is 114 cm³/mol. The van der Waals surface area contributed by atoms with Crippen LogP contribution in [0.1, 0.15) is 0 Å². The maximum absolute atomic E-state index is 15.2. The zero-order valence-corrected chi connectivity index (χ0v) is 14.8. The quantitative estimate of drug-likeness (QED) is 0.242. The minimum Gasteiger partial charge on any atom is -0.206 e. The number of hydrogen-bond acceptors (Lipinski definition) is 0. The topological polar surface area (TPSA) is 0 Å². The van der Waals surface area contributed by atoms with Crippen LogP contribution in [0.4, 0.5) is 8.78 Å². The maximum Gasteiger partial charge on any atom is 0.131 e. The second-order valence-electron chi connectivity index (χ2n) is 7.20. The lowest BCUT2D eigenvalue weighted by Crippen LogP contribution is -1.92. The molecule has 0 radical (unpaired) electrons. The Labute approximate surface area is 159 Å². The van der Waals surface area contributed by atoms with Crippen LogP contribution in [0, 0.1) is 11.6 Å². The molecule has 0 nitrogen and oxygen atoms in total. The summed E-state index contributed by atoms with van der Waals surface area (Å²) in [6.07, 6.45) is 0. The minimum absolute atomic E-state index is 0.357. The molecule has 0 saturated heterocycles. The SMILES string of the molecule is Fc1ccc(F)c2c1c1c3ccccc3ccc1c1ccc3ccccc3c12. The first-order valence-corrected chi connectivity index (χ1v) is 9.26. The van der Waals surface area contributed by atoms with Crippen molar-refractivity contribution >= 4 is 53.9 Å². The van der Waals surface area contributed by atoms with Crippen LogP contribution in [0.15, 0.2) is 84.9 Å². The lowest BCUT2D eigenvalue weighted by atomic mass is 9.88. The third-order valence-electron chi connectivity index (χ3n) is 5.75. The van der Waals surface area contributed by atoms with E-state index in [4.69, 9.17) is 0 Å². The van der Waals surface area contributed by atoms with Crippen LogP contribution in [0.2, 0.25) is 0 Å². The maximum atomic E-state index is 15.2. The summed E-state index contributed by atoms with van der Waals surface area (Å²) in [5.74, 6) is -0.792. The molecule has 0 atom stereocenters. The van der Waals surface area contributed by atoms with Crippen LogP contribution in [0.5, 0.6) is 0 Å². The zero-order valence-electron chi connectivity index (χ0n) is 14.8. The van der Waals surface area contributed by atoms with Gasteiger partial charge in [-0.15, -0.1) is 0 Å². The molecule has 0 spiro atoms. The molecule has 0 fully saturated rings.